The van der Waals surface area contributed by atoms with Gasteiger partial charge in [-0.05, 0) is 135 Å². The molecule has 0 N–H and O–H groups in total. The molecule has 364 valence electrons. The maximum Gasteiger partial charge on any atom is 0.0887 e. The van der Waals surface area contributed by atoms with Gasteiger partial charge >= 0.3 is 0 Å². The smallest absolute Gasteiger partial charge is 0.0887 e. The highest BCUT2D eigenvalue weighted by Gasteiger charge is 2.28. The zero-order chi connectivity index (χ0) is 64.1. The molecule has 10 aromatic rings. The molecule has 0 atom stereocenters. The molecule has 0 aliphatic rings. The maximum atomic E-state index is 9.46. The van der Waals surface area contributed by atoms with E-state index in [0.717, 1.165) is 32.5 Å². The number of para-hydroxylation sites is 2. The highest BCUT2D eigenvalue weighted by Crippen LogP contribution is 2.52. The second kappa shape index (κ2) is 19.9. The Morgan fingerprint density at radius 3 is 1.42 bits per heavy atom. The van der Waals surface area contributed by atoms with Crippen LogP contribution in [0.3, 0.4) is 0 Å². The Hall–Kier alpha value is -7.37. The van der Waals surface area contributed by atoms with Gasteiger partial charge in [0.25, 0.3) is 0 Å². The van der Waals surface area contributed by atoms with E-state index in [4.69, 9.17) is 26.7 Å². The topological polar surface area (TPSA) is 9.72 Å². The SMILES string of the molecule is [2H]c1c([2H])c([2H])c(-c2cc(N(c3ccc(C(C)(C)C)cc3)c3cccc(N(c4ccccc4-c4c([2H])c([2H])c([2H])c([2H])c4[2H])c4c([2H])c([2H])c([2H])c([2H])c4[2H])c3)c(Cl)c(N(c3ccc(C(C)(C)C)cc3)c3csc4ccc(C(C)(C)C)cc34)c2)c([2H])c1[2H]. The first-order valence-corrected chi connectivity index (χ1v) is 25.4. The molecule has 73 heavy (non-hydrogen) atoms. The van der Waals surface area contributed by atoms with Crippen LogP contribution < -0.4 is 14.7 Å². The fourth-order valence-electron chi connectivity index (χ4n) is 8.95. The van der Waals surface area contributed by atoms with E-state index in [-0.39, 0.29) is 66.3 Å². The van der Waals surface area contributed by atoms with Gasteiger partial charge in [-0.1, -0.05) is 207 Å². The fraction of sp³-hybridized carbons (Fsp3) is 0.176. The van der Waals surface area contributed by atoms with Gasteiger partial charge in [0, 0.05) is 49.5 Å². The number of rotatable bonds is 11. The molecule has 10 rings (SSSR count). The molecule has 5 heteroatoms. The van der Waals surface area contributed by atoms with Crippen LogP contribution in [0.2, 0.25) is 5.02 Å². The van der Waals surface area contributed by atoms with Gasteiger partial charge < -0.3 is 14.7 Å². The summed E-state index contributed by atoms with van der Waals surface area (Å²) in [5.74, 6) is 0. The van der Waals surface area contributed by atoms with Gasteiger partial charge in [-0.3, -0.25) is 0 Å². The average molecular weight is 1010 g/mol. The van der Waals surface area contributed by atoms with Crippen molar-refractivity contribution in [1.29, 1.82) is 0 Å². The van der Waals surface area contributed by atoms with Crippen LogP contribution in [0.1, 0.15) is 99.6 Å². The molecule has 0 bridgehead atoms. The number of halogens is 1. The quantitative estimate of drug-likeness (QED) is 0.128. The maximum absolute atomic E-state index is 9.46. The van der Waals surface area contributed by atoms with Crippen molar-refractivity contribution in [2.75, 3.05) is 14.7 Å². The van der Waals surface area contributed by atoms with Crippen LogP contribution in [-0.4, -0.2) is 0 Å². The molecular weight excluding hydrogens is 926 g/mol. The van der Waals surface area contributed by atoms with E-state index >= 15 is 0 Å². The van der Waals surface area contributed by atoms with Crippen molar-refractivity contribution in [3.63, 3.8) is 0 Å². The molecule has 1 aromatic heterocycles. The molecule has 0 fully saturated rings. The molecule has 0 saturated carbocycles. The molecule has 0 unspecified atom stereocenters. The Labute approximate surface area is 463 Å². The zero-order valence-corrected chi connectivity index (χ0v) is 43.9. The lowest BCUT2D eigenvalue weighted by Crippen LogP contribution is -2.17. The summed E-state index contributed by atoms with van der Waals surface area (Å²) >= 11 is 9.77. The monoisotopic (exact) mass is 1000 g/mol. The lowest BCUT2D eigenvalue weighted by molar-refractivity contribution is 0.590. The van der Waals surface area contributed by atoms with Gasteiger partial charge in [0.15, 0.2) is 0 Å². The standard InChI is InChI=1S/C68H64ClN3S/c1-66(2,3)50-32-37-54(38-33-50)71(57-29-21-28-56(45-57)70(53-26-17-12-18-27-53)60-31-20-19-30-58(60)48-24-15-11-16-25-48)61-42-49(47-22-13-10-14-23-47)43-62(65(61)69)72(55-39-34-51(35-40-55)67(4,5)6)63-46-73-64-41-36-52(44-59(63)64)68(7,8)9/h10-46H,1-9H3/i10D,11D,12D,13D,14D,15D,16D,17D,18D,22D,23D,24D,25D,26D,27D. The minimum atomic E-state index is -0.648. The molecule has 3 nitrogen and oxygen atoms in total. The first-order valence-electron chi connectivity index (χ1n) is 31.6. The van der Waals surface area contributed by atoms with Crippen molar-refractivity contribution in [3.8, 4) is 22.3 Å². The van der Waals surface area contributed by atoms with E-state index in [1.807, 2.05) is 46.2 Å². The number of benzene rings is 9. The average Bonchev–Trinajstić information content (AvgIpc) is 0.995. The molecule has 9 aromatic carbocycles. The molecule has 0 spiro atoms. The molecule has 1 heterocycles. The van der Waals surface area contributed by atoms with E-state index in [2.05, 4.69) is 98.0 Å². The van der Waals surface area contributed by atoms with Crippen LogP contribution in [0.4, 0.5) is 51.2 Å². The van der Waals surface area contributed by atoms with E-state index in [9.17, 15) is 5.48 Å². The van der Waals surface area contributed by atoms with Crippen LogP contribution in [-0.2, 0) is 16.2 Å². The number of thiophene rings is 1. The minimum absolute atomic E-state index is 0.0909. The predicted molar refractivity (Wildman–Crippen MR) is 318 cm³/mol. The van der Waals surface area contributed by atoms with E-state index in [1.165, 1.54) is 4.90 Å². The molecule has 0 saturated heterocycles. The van der Waals surface area contributed by atoms with Gasteiger partial charge in [-0.2, -0.15) is 0 Å². The summed E-state index contributed by atoms with van der Waals surface area (Å²) in [5.41, 5.74) is 5.46. The van der Waals surface area contributed by atoms with Crippen LogP contribution in [0.15, 0.2) is 223 Å². The van der Waals surface area contributed by atoms with Gasteiger partial charge in [-0.25, -0.2) is 0 Å². The normalized spacial score (nSPS) is 14.8. The second-order valence-corrected chi connectivity index (χ2v) is 22.3. The Bertz CT molecular complexity index is 4350. The Kier molecular flexibility index (Phi) is 9.31. The van der Waals surface area contributed by atoms with Gasteiger partial charge in [-0.15, -0.1) is 11.3 Å². The summed E-state index contributed by atoms with van der Waals surface area (Å²) in [4.78, 5) is 5.31. The highest BCUT2D eigenvalue weighted by molar-refractivity contribution is 7.17. The first-order chi connectivity index (χ1) is 41.2. The van der Waals surface area contributed by atoms with Crippen LogP contribution >= 0.6 is 22.9 Å². The van der Waals surface area contributed by atoms with Crippen LogP contribution in [0, 0.1) is 0 Å². The van der Waals surface area contributed by atoms with Crippen molar-refractivity contribution in [2.24, 2.45) is 0 Å². The summed E-state index contributed by atoms with van der Waals surface area (Å²) in [6.07, 6.45) is 0. The number of fused-ring (bicyclic) bond motifs is 1. The molecule has 0 aliphatic carbocycles. The Morgan fingerprint density at radius 1 is 0.384 bits per heavy atom. The number of hydrogen-bond donors (Lipinski definition) is 0. The van der Waals surface area contributed by atoms with Crippen LogP contribution in [0.5, 0.6) is 0 Å². The van der Waals surface area contributed by atoms with Gasteiger partial charge in [0.05, 0.1) is 48.3 Å². The van der Waals surface area contributed by atoms with Crippen molar-refractivity contribution in [3.05, 3.63) is 245 Å². The van der Waals surface area contributed by atoms with Crippen molar-refractivity contribution in [2.45, 2.75) is 78.6 Å². The molecule has 0 radical (unpaired) electrons. The fourth-order valence-corrected chi connectivity index (χ4v) is 10.1. The third kappa shape index (κ3) is 10.2. The van der Waals surface area contributed by atoms with Gasteiger partial charge in [0.1, 0.15) is 0 Å². The zero-order valence-electron chi connectivity index (χ0n) is 57.3. The van der Waals surface area contributed by atoms with E-state index in [0.29, 0.717) is 22.7 Å². The molecule has 0 amide bonds. The van der Waals surface area contributed by atoms with E-state index < -0.39 is 90.6 Å². The minimum Gasteiger partial charge on any atom is -0.310 e. The van der Waals surface area contributed by atoms with Crippen molar-refractivity contribution in [1.82, 2.24) is 0 Å². The lowest BCUT2D eigenvalue weighted by Gasteiger charge is -2.33. The van der Waals surface area contributed by atoms with E-state index in [1.54, 1.807) is 72.0 Å². The molecule has 0 aliphatic heterocycles. The summed E-state index contributed by atoms with van der Waals surface area (Å²) in [7, 11) is 0. The lowest BCUT2D eigenvalue weighted by atomic mass is 9.86. The largest absolute Gasteiger partial charge is 0.310 e. The third-order valence-electron chi connectivity index (χ3n) is 12.9. The molecular formula is C68H64ClN3S. The van der Waals surface area contributed by atoms with Gasteiger partial charge in [0.2, 0.25) is 0 Å². The number of anilines is 9. The van der Waals surface area contributed by atoms with Crippen molar-refractivity contribution < 1.29 is 20.6 Å². The summed E-state index contributed by atoms with van der Waals surface area (Å²) < 4.78 is 136. The Morgan fingerprint density at radius 2 is 0.863 bits per heavy atom. The Balaban J connectivity index is 1.34. The number of nitrogens with zero attached hydrogens (tertiary/aromatic N) is 3. The summed E-state index contributed by atoms with van der Waals surface area (Å²) in [6, 6.07) is 30.6. The predicted octanol–water partition coefficient (Wildman–Crippen LogP) is 21.2. The highest BCUT2D eigenvalue weighted by atomic mass is 35.5. The van der Waals surface area contributed by atoms with Crippen molar-refractivity contribution >= 4 is 84.2 Å². The third-order valence-corrected chi connectivity index (χ3v) is 14.3. The first kappa shape index (κ1) is 34.1. The second-order valence-electron chi connectivity index (χ2n) is 21.0. The number of hydrogen-bond acceptors (Lipinski definition) is 4. The summed E-state index contributed by atoms with van der Waals surface area (Å²) in [6.45, 7) is 19.1. The summed E-state index contributed by atoms with van der Waals surface area (Å²) in [5, 5.41) is 3.15. The van der Waals surface area contributed by atoms with Crippen LogP contribution in [0.25, 0.3) is 32.3 Å².